The Morgan fingerprint density at radius 1 is 1.03 bits per heavy atom. The van der Waals surface area contributed by atoms with Crippen LogP contribution in [-0.2, 0) is 4.74 Å². The number of H-pyrrole nitrogens is 1. The SMILES string of the molecule is CN1CCC(OC(c2cccc(OCCCCCC(N)CCCN)c2)c2nc3ccccc3[nH]2)CC1. The van der Waals surface area contributed by atoms with Crippen LogP contribution < -0.4 is 16.2 Å². The Bertz CT molecular complexity index is 1010. The van der Waals surface area contributed by atoms with E-state index in [-0.39, 0.29) is 18.2 Å². The molecule has 2 unspecified atom stereocenters. The number of likely N-dealkylation sites (tertiary alicyclic amines) is 1. The lowest BCUT2D eigenvalue weighted by Crippen LogP contribution is -2.35. The van der Waals surface area contributed by atoms with Gasteiger partial charge in [-0.05, 0) is 81.9 Å². The first-order chi connectivity index (χ1) is 17.6. The monoisotopic (exact) mass is 493 g/mol. The van der Waals surface area contributed by atoms with Gasteiger partial charge in [0.1, 0.15) is 17.7 Å². The van der Waals surface area contributed by atoms with E-state index in [0.717, 1.165) is 99.2 Å². The summed E-state index contributed by atoms with van der Waals surface area (Å²) in [5.74, 6) is 1.72. The molecule has 0 bridgehead atoms. The zero-order chi connectivity index (χ0) is 25.2. The van der Waals surface area contributed by atoms with Crippen LogP contribution in [0.5, 0.6) is 5.75 Å². The maximum absolute atomic E-state index is 6.71. The maximum Gasteiger partial charge on any atom is 0.141 e. The van der Waals surface area contributed by atoms with E-state index in [1.165, 1.54) is 0 Å². The van der Waals surface area contributed by atoms with Gasteiger partial charge in [-0.1, -0.05) is 37.1 Å². The number of unbranched alkanes of at least 4 members (excludes halogenated alkanes) is 2. The molecule has 5 N–H and O–H groups in total. The Morgan fingerprint density at radius 3 is 2.64 bits per heavy atom. The molecule has 7 heteroatoms. The smallest absolute Gasteiger partial charge is 0.141 e. The third-order valence-corrected chi connectivity index (χ3v) is 7.08. The number of imidazole rings is 1. The van der Waals surface area contributed by atoms with E-state index in [0.29, 0.717) is 6.61 Å². The second-order valence-corrected chi connectivity index (χ2v) is 10.1. The van der Waals surface area contributed by atoms with E-state index < -0.39 is 0 Å². The number of ether oxygens (including phenoxy) is 2. The summed E-state index contributed by atoms with van der Waals surface area (Å²) in [4.78, 5) is 10.7. The fraction of sp³-hybridized carbons (Fsp3) is 0.552. The lowest BCUT2D eigenvalue weighted by molar-refractivity contribution is -0.0265. The molecule has 4 rings (SSSR count). The summed E-state index contributed by atoms with van der Waals surface area (Å²) < 4.78 is 12.8. The molecular formula is C29H43N5O2. The molecule has 36 heavy (non-hydrogen) atoms. The highest BCUT2D eigenvalue weighted by molar-refractivity contribution is 5.74. The van der Waals surface area contributed by atoms with Gasteiger partial charge in [0.05, 0.1) is 23.7 Å². The number of aromatic nitrogens is 2. The van der Waals surface area contributed by atoms with Crippen LogP contribution in [0.25, 0.3) is 11.0 Å². The molecule has 7 nitrogen and oxygen atoms in total. The van der Waals surface area contributed by atoms with Crippen molar-refractivity contribution in [3.8, 4) is 5.75 Å². The Kier molecular flexibility index (Phi) is 10.2. The van der Waals surface area contributed by atoms with Crippen molar-refractivity contribution in [2.24, 2.45) is 11.5 Å². The summed E-state index contributed by atoms with van der Waals surface area (Å²) in [7, 11) is 2.17. The van der Waals surface area contributed by atoms with Gasteiger partial charge < -0.3 is 30.8 Å². The molecule has 1 aliphatic heterocycles. The number of nitrogens with one attached hydrogen (secondary N) is 1. The second kappa shape index (κ2) is 13.7. The van der Waals surface area contributed by atoms with Crippen molar-refractivity contribution in [2.45, 2.75) is 69.6 Å². The van der Waals surface area contributed by atoms with E-state index in [2.05, 4.69) is 41.2 Å². The number of aromatic amines is 1. The van der Waals surface area contributed by atoms with E-state index in [9.17, 15) is 0 Å². The molecule has 1 fully saturated rings. The van der Waals surface area contributed by atoms with E-state index >= 15 is 0 Å². The molecule has 1 saturated heterocycles. The average Bonchev–Trinajstić information content (AvgIpc) is 3.33. The molecule has 196 valence electrons. The van der Waals surface area contributed by atoms with Gasteiger partial charge in [-0.15, -0.1) is 0 Å². The molecule has 1 aromatic heterocycles. The Morgan fingerprint density at radius 2 is 1.83 bits per heavy atom. The van der Waals surface area contributed by atoms with Crippen LogP contribution in [0, 0.1) is 0 Å². The number of hydrogen-bond acceptors (Lipinski definition) is 6. The number of nitrogens with two attached hydrogens (primary N) is 2. The van der Waals surface area contributed by atoms with Gasteiger partial charge in [-0.2, -0.15) is 0 Å². The van der Waals surface area contributed by atoms with Crippen LogP contribution in [-0.4, -0.2) is 60.3 Å². The largest absolute Gasteiger partial charge is 0.494 e. The second-order valence-electron chi connectivity index (χ2n) is 10.1. The summed E-state index contributed by atoms with van der Waals surface area (Å²) in [6.07, 6.45) is 8.37. The average molecular weight is 494 g/mol. The quantitative estimate of drug-likeness (QED) is 0.280. The molecule has 0 saturated carbocycles. The first-order valence-electron chi connectivity index (χ1n) is 13.6. The van der Waals surface area contributed by atoms with Crippen LogP contribution in [0.2, 0.25) is 0 Å². The van der Waals surface area contributed by atoms with Gasteiger partial charge in [0, 0.05) is 19.1 Å². The number of rotatable bonds is 14. The summed E-state index contributed by atoms with van der Waals surface area (Å²) in [6, 6.07) is 16.7. The molecule has 0 amide bonds. The molecule has 3 aromatic rings. The lowest BCUT2D eigenvalue weighted by Gasteiger charge is -2.31. The zero-order valence-electron chi connectivity index (χ0n) is 21.7. The van der Waals surface area contributed by atoms with Gasteiger partial charge in [0.25, 0.3) is 0 Å². The minimum absolute atomic E-state index is 0.209. The predicted octanol–water partition coefficient (Wildman–Crippen LogP) is 4.77. The van der Waals surface area contributed by atoms with Crippen LogP contribution in [0.15, 0.2) is 48.5 Å². The van der Waals surface area contributed by atoms with Crippen molar-refractivity contribution in [1.82, 2.24) is 14.9 Å². The highest BCUT2D eigenvalue weighted by Crippen LogP contribution is 2.31. The molecule has 1 aliphatic rings. The highest BCUT2D eigenvalue weighted by Gasteiger charge is 2.26. The highest BCUT2D eigenvalue weighted by atomic mass is 16.5. The first kappa shape index (κ1) is 26.6. The first-order valence-corrected chi connectivity index (χ1v) is 13.6. The van der Waals surface area contributed by atoms with E-state index in [1.54, 1.807) is 0 Å². The fourth-order valence-corrected chi connectivity index (χ4v) is 4.88. The van der Waals surface area contributed by atoms with Gasteiger partial charge in [-0.3, -0.25) is 0 Å². The number of para-hydroxylation sites is 2. The number of hydrogen-bond donors (Lipinski definition) is 3. The molecule has 0 aliphatic carbocycles. The minimum atomic E-state index is -0.260. The van der Waals surface area contributed by atoms with Gasteiger partial charge in [0.2, 0.25) is 0 Å². The maximum atomic E-state index is 6.71. The standard InChI is InChI=1S/C29H43N5O2/c1-34-18-15-24(16-19-34)36-28(29-32-26-13-4-5-14-27(26)33-29)22-9-7-12-25(21-22)35-20-6-2-3-10-23(31)11-8-17-30/h4-5,7,9,12-14,21,23-24,28H,2-3,6,8,10-11,15-20,30-31H2,1H3,(H,32,33). The van der Waals surface area contributed by atoms with Crippen LogP contribution in [0.1, 0.15) is 68.9 Å². The van der Waals surface area contributed by atoms with E-state index in [4.69, 9.17) is 25.9 Å². The predicted molar refractivity (Wildman–Crippen MR) is 146 cm³/mol. The number of piperidine rings is 1. The Hall–Kier alpha value is -2.45. The van der Waals surface area contributed by atoms with Crippen molar-refractivity contribution in [2.75, 3.05) is 33.3 Å². The van der Waals surface area contributed by atoms with Crippen molar-refractivity contribution in [3.05, 3.63) is 59.9 Å². The van der Waals surface area contributed by atoms with Crippen LogP contribution >= 0.6 is 0 Å². The molecule has 2 atom stereocenters. The molecule has 0 spiro atoms. The molecule has 2 aromatic carbocycles. The van der Waals surface area contributed by atoms with Gasteiger partial charge in [0.15, 0.2) is 0 Å². The fourth-order valence-electron chi connectivity index (χ4n) is 4.88. The van der Waals surface area contributed by atoms with Crippen molar-refractivity contribution >= 4 is 11.0 Å². The summed E-state index contributed by atoms with van der Waals surface area (Å²) in [6.45, 7) is 3.53. The Labute approximate surface area is 215 Å². The van der Waals surface area contributed by atoms with E-state index in [1.807, 2.05) is 24.3 Å². The number of fused-ring (bicyclic) bond motifs is 1. The summed E-state index contributed by atoms with van der Waals surface area (Å²) in [5, 5.41) is 0. The molecule has 2 heterocycles. The zero-order valence-corrected chi connectivity index (χ0v) is 21.7. The number of benzene rings is 2. The third kappa shape index (κ3) is 7.77. The minimum Gasteiger partial charge on any atom is -0.494 e. The van der Waals surface area contributed by atoms with Gasteiger partial charge >= 0.3 is 0 Å². The summed E-state index contributed by atoms with van der Waals surface area (Å²) in [5.41, 5.74) is 14.8. The topological polar surface area (TPSA) is 102 Å². The Balaban J connectivity index is 1.37. The molecular weight excluding hydrogens is 450 g/mol. The normalized spacial score (nSPS) is 16.9. The van der Waals surface area contributed by atoms with Crippen LogP contribution in [0.3, 0.4) is 0 Å². The van der Waals surface area contributed by atoms with Crippen molar-refractivity contribution < 1.29 is 9.47 Å². The number of nitrogens with zero attached hydrogens (tertiary/aromatic N) is 2. The third-order valence-electron chi connectivity index (χ3n) is 7.08. The van der Waals surface area contributed by atoms with Gasteiger partial charge in [-0.25, -0.2) is 4.98 Å². The van der Waals surface area contributed by atoms with Crippen LogP contribution in [0.4, 0.5) is 0 Å². The molecule has 0 radical (unpaired) electrons. The van der Waals surface area contributed by atoms with Crippen molar-refractivity contribution in [3.63, 3.8) is 0 Å². The van der Waals surface area contributed by atoms with Crippen molar-refractivity contribution in [1.29, 1.82) is 0 Å². The summed E-state index contributed by atoms with van der Waals surface area (Å²) >= 11 is 0. The lowest BCUT2D eigenvalue weighted by atomic mass is 10.0.